The number of nitrogens with one attached hydrogen (secondary N) is 1. The van der Waals surface area contributed by atoms with Crippen molar-refractivity contribution in [3.8, 4) is 0 Å². The van der Waals surface area contributed by atoms with Crippen molar-refractivity contribution >= 4 is 17.5 Å². The molecule has 0 spiro atoms. The standard InChI is InChI=1S/C12H16ClNO/c1-10(9-14-12(15)8-13)7-11-5-3-2-4-6-11/h2-6,10H,7-9H2,1H3,(H,14,15). The van der Waals surface area contributed by atoms with E-state index in [-0.39, 0.29) is 11.8 Å². The molecule has 0 aromatic heterocycles. The van der Waals surface area contributed by atoms with Crippen LogP contribution in [0.3, 0.4) is 0 Å². The van der Waals surface area contributed by atoms with Gasteiger partial charge in [0.15, 0.2) is 0 Å². The Morgan fingerprint density at radius 3 is 2.67 bits per heavy atom. The number of carbonyl (C=O) groups is 1. The lowest BCUT2D eigenvalue weighted by atomic mass is 10.0. The second-order valence-electron chi connectivity index (χ2n) is 3.73. The van der Waals surface area contributed by atoms with E-state index in [1.54, 1.807) is 0 Å². The van der Waals surface area contributed by atoms with Gasteiger partial charge < -0.3 is 5.32 Å². The van der Waals surface area contributed by atoms with Crippen molar-refractivity contribution in [2.75, 3.05) is 12.4 Å². The molecule has 0 heterocycles. The Balaban J connectivity index is 2.30. The molecule has 82 valence electrons. The van der Waals surface area contributed by atoms with Crippen LogP contribution in [0, 0.1) is 5.92 Å². The molecule has 0 radical (unpaired) electrons. The molecular weight excluding hydrogens is 210 g/mol. The van der Waals surface area contributed by atoms with Crippen LogP contribution in [-0.4, -0.2) is 18.3 Å². The van der Waals surface area contributed by atoms with Crippen molar-refractivity contribution in [2.45, 2.75) is 13.3 Å². The van der Waals surface area contributed by atoms with Crippen LogP contribution in [0.4, 0.5) is 0 Å². The van der Waals surface area contributed by atoms with Crippen LogP contribution in [-0.2, 0) is 11.2 Å². The van der Waals surface area contributed by atoms with Gasteiger partial charge in [0.05, 0.1) is 0 Å². The van der Waals surface area contributed by atoms with Crippen molar-refractivity contribution in [2.24, 2.45) is 5.92 Å². The number of alkyl halides is 1. The minimum absolute atomic E-state index is 0.0397. The Morgan fingerprint density at radius 1 is 1.40 bits per heavy atom. The van der Waals surface area contributed by atoms with E-state index in [4.69, 9.17) is 11.6 Å². The molecule has 0 bridgehead atoms. The summed E-state index contributed by atoms with van der Waals surface area (Å²) in [5, 5.41) is 2.78. The number of amides is 1. The summed E-state index contributed by atoms with van der Waals surface area (Å²) in [4.78, 5) is 10.9. The van der Waals surface area contributed by atoms with Crippen molar-refractivity contribution in [1.29, 1.82) is 0 Å². The molecule has 1 atom stereocenters. The lowest BCUT2D eigenvalue weighted by Gasteiger charge is -2.11. The average Bonchev–Trinajstić information content (AvgIpc) is 2.27. The minimum atomic E-state index is -0.100. The van der Waals surface area contributed by atoms with Gasteiger partial charge in [0.1, 0.15) is 5.88 Å². The van der Waals surface area contributed by atoms with Crippen LogP contribution >= 0.6 is 11.6 Å². The number of carbonyl (C=O) groups excluding carboxylic acids is 1. The van der Waals surface area contributed by atoms with Gasteiger partial charge in [-0.15, -0.1) is 11.6 Å². The molecule has 3 heteroatoms. The third-order valence-corrected chi connectivity index (χ3v) is 2.44. The highest BCUT2D eigenvalue weighted by molar-refractivity contribution is 6.27. The first-order valence-corrected chi connectivity index (χ1v) is 5.62. The van der Waals surface area contributed by atoms with Crippen molar-refractivity contribution in [3.63, 3.8) is 0 Å². The van der Waals surface area contributed by atoms with Crippen LogP contribution in [0.5, 0.6) is 0 Å². The summed E-state index contributed by atoms with van der Waals surface area (Å²) < 4.78 is 0. The zero-order valence-corrected chi connectivity index (χ0v) is 9.63. The molecule has 1 aromatic rings. The molecule has 0 saturated heterocycles. The van der Waals surface area contributed by atoms with E-state index < -0.39 is 0 Å². The van der Waals surface area contributed by atoms with Gasteiger partial charge in [0, 0.05) is 6.54 Å². The molecule has 1 amide bonds. The summed E-state index contributed by atoms with van der Waals surface area (Å²) in [5.41, 5.74) is 1.30. The van der Waals surface area contributed by atoms with Crippen LogP contribution in [0.25, 0.3) is 0 Å². The monoisotopic (exact) mass is 225 g/mol. The van der Waals surface area contributed by atoms with Crippen molar-refractivity contribution in [3.05, 3.63) is 35.9 Å². The molecule has 0 aliphatic heterocycles. The van der Waals surface area contributed by atoms with Crippen LogP contribution < -0.4 is 5.32 Å². The second-order valence-corrected chi connectivity index (χ2v) is 4.00. The third-order valence-electron chi connectivity index (χ3n) is 2.20. The number of halogens is 1. The Morgan fingerprint density at radius 2 is 2.07 bits per heavy atom. The zero-order chi connectivity index (χ0) is 11.1. The van der Waals surface area contributed by atoms with Gasteiger partial charge in [0.2, 0.25) is 5.91 Å². The fraction of sp³-hybridized carbons (Fsp3) is 0.417. The summed E-state index contributed by atoms with van der Waals surface area (Å²) in [7, 11) is 0. The molecule has 1 aromatic carbocycles. The molecule has 0 aliphatic carbocycles. The van der Waals surface area contributed by atoms with Gasteiger partial charge in [-0.05, 0) is 17.9 Å². The quantitative estimate of drug-likeness (QED) is 0.765. The van der Waals surface area contributed by atoms with E-state index in [0.717, 1.165) is 6.42 Å². The maximum absolute atomic E-state index is 10.9. The van der Waals surface area contributed by atoms with E-state index in [1.165, 1.54) is 5.56 Å². The van der Waals surface area contributed by atoms with Gasteiger partial charge in [-0.25, -0.2) is 0 Å². The SMILES string of the molecule is CC(CNC(=O)CCl)Cc1ccccc1. The largest absolute Gasteiger partial charge is 0.355 e. The van der Waals surface area contributed by atoms with Gasteiger partial charge in [-0.3, -0.25) is 4.79 Å². The van der Waals surface area contributed by atoms with Crippen LogP contribution in [0.15, 0.2) is 30.3 Å². The molecule has 1 unspecified atom stereocenters. The Hall–Kier alpha value is -1.02. The fourth-order valence-electron chi connectivity index (χ4n) is 1.42. The van der Waals surface area contributed by atoms with Gasteiger partial charge in [0.25, 0.3) is 0 Å². The van der Waals surface area contributed by atoms with Gasteiger partial charge in [-0.1, -0.05) is 37.3 Å². The number of hydrogen-bond donors (Lipinski definition) is 1. The van der Waals surface area contributed by atoms with Gasteiger partial charge >= 0.3 is 0 Å². The summed E-state index contributed by atoms with van der Waals surface area (Å²) in [6, 6.07) is 10.3. The molecular formula is C12H16ClNO. The third kappa shape index (κ3) is 4.84. The Bertz CT molecular complexity index is 300. The highest BCUT2D eigenvalue weighted by Crippen LogP contribution is 2.06. The first kappa shape index (κ1) is 12.1. The lowest BCUT2D eigenvalue weighted by Crippen LogP contribution is -2.29. The van der Waals surface area contributed by atoms with Crippen LogP contribution in [0.2, 0.25) is 0 Å². The second kappa shape index (κ2) is 6.46. The molecule has 2 nitrogen and oxygen atoms in total. The topological polar surface area (TPSA) is 29.1 Å². The van der Waals surface area contributed by atoms with Crippen molar-refractivity contribution in [1.82, 2.24) is 5.32 Å². The summed E-state index contributed by atoms with van der Waals surface area (Å²) in [5.74, 6) is 0.370. The molecule has 1 N–H and O–H groups in total. The number of hydrogen-bond acceptors (Lipinski definition) is 1. The smallest absolute Gasteiger partial charge is 0.234 e. The Labute approximate surface area is 95.6 Å². The highest BCUT2D eigenvalue weighted by Gasteiger charge is 2.05. The predicted molar refractivity (Wildman–Crippen MR) is 63.0 cm³/mol. The van der Waals surface area contributed by atoms with Crippen LogP contribution in [0.1, 0.15) is 12.5 Å². The fourth-order valence-corrected chi connectivity index (χ4v) is 1.52. The number of rotatable bonds is 5. The van der Waals surface area contributed by atoms with Gasteiger partial charge in [-0.2, -0.15) is 0 Å². The summed E-state index contributed by atoms with van der Waals surface area (Å²) in [6.07, 6.45) is 0.976. The molecule has 1 rings (SSSR count). The highest BCUT2D eigenvalue weighted by atomic mass is 35.5. The minimum Gasteiger partial charge on any atom is -0.355 e. The van der Waals surface area contributed by atoms with E-state index in [0.29, 0.717) is 12.5 Å². The first-order chi connectivity index (χ1) is 7.22. The zero-order valence-electron chi connectivity index (χ0n) is 8.87. The first-order valence-electron chi connectivity index (χ1n) is 5.09. The summed E-state index contributed by atoms with van der Waals surface area (Å²) >= 11 is 5.38. The summed E-state index contributed by atoms with van der Waals surface area (Å²) in [6.45, 7) is 2.79. The lowest BCUT2D eigenvalue weighted by molar-refractivity contribution is -0.118. The number of benzene rings is 1. The molecule has 0 fully saturated rings. The van der Waals surface area contributed by atoms with E-state index in [1.807, 2.05) is 18.2 Å². The molecule has 0 saturated carbocycles. The Kier molecular flexibility index (Phi) is 5.19. The van der Waals surface area contributed by atoms with Crippen molar-refractivity contribution < 1.29 is 4.79 Å². The van der Waals surface area contributed by atoms with E-state index >= 15 is 0 Å². The normalized spacial score (nSPS) is 12.1. The molecule has 15 heavy (non-hydrogen) atoms. The maximum Gasteiger partial charge on any atom is 0.234 e. The average molecular weight is 226 g/mol. The molecule has 0 aliphatic rings. The predicted octanol–water partition coefficient (Wildman–Crippen LogP) is 2.22. The van der Waals surface area contributed by atoms with E-state index in [2.05, 4.69) is 24.4 Å². The maximum atomic E-state index is 10.9. The van der Waals surface area contributed by atoms with E-state index in [9.17, 15) is 4.79 Å².